The van der Waals surface area contributed by atoms with E-state index in [1.165, 1.54) is 23.5 Å². The lowest BCUT2D eigenvalue weighted by atomic mass is 10.0. The molecule has 0 aliphatic carbocycles. The van der Waals surface area contributed by atoms with Crippen molar-refractivity contribution in [2.75, 3.05) is 18.5 Å². The maximum Gasteiger partial charge on any atom is 0.341 e. The molecule has 0 saturated carbocycles. The van der Waals surface area contributed by atoms with E-state index >= 15 is 0 Å². The zero-order valence-corrected chi connectivity index (χ0v) is 16.9. The molecule has 146 valence electrons. The van der Waals surface area contributed by atoms with Gasteiger partial charge in [0.05, 0.1) is 17.2 Å². The number of carbonyl (C=O) groups is 2. The van der Waals surface area contributed by atoms with Crippen LogP contribution in [-0.2, 0) is 16.0 Å². The van der Waals surface area contributed by atoms with E-state index in [1.54, 1.807) is 6.92 Å². The summed E-state index contributed by atoms with van der Waals surface area (Å²) in [5, 5.41) is 4.87. The SMILES string of the molecule is CCOC(=O)c1c(CC(C)C)csc1NC(=O)COc1ccc(F)c(Cl)c1. The largest absolute Gasteiger partial charge is 0.484 e. The average molecular weight is 414 g/mol. The van der Waals surface area contributed by atoms with Crippen molar-refractivity contribution in [3.8, 4) is 5.75 Å². The van der Waals surface area contributed by atoms with Gasteiger partial charge in [-0.05, 0) is 42.3 Å². The molecule has 1 N–H and O–H groups in total. The summed E-state index contributed by atoms with van der Waals surface area (Å²) >= 11 is 6.95. The van der Waals surface area contributed by atoms with Crippen LogP contribution < -0.4 is 10.1 Å². The highest BCUT2D eigenvalue weighted by Crippen LogP contribution is 2.31. The van der Waals surface area contributed by atoms with Crippen LogP contribution >= 0.6 is 22.9 Å². The Labute approximate surface area is 166 Å². The number of halogens is 2. The highest BCUT2D eigenvalue weighted by atomic mass is 35.5. The fraction of sp³-hybridized carbons (Fsp3) is 0.368. The Bertz CT molecular complexity index is 822. The zero-order valence-electron chi connectivity index (χ0n) is 15.3. The second-order valence-corrected chi connectivity index (χ2v) is 7.48. The normalized spacial score (nSPS) is 10.7. The van der Waals surface area contributed by atoms with Crippen molar-refractivity contribution < 1.29 is 23.5 Å². The molecule has 2 aromatic rings. The number of esters is 1. The molecule has 0 atom stereocenters. The van der Waals surface area contributed by atoms with Gasteiger partial charge in [0.15, 0.2) is 6.61 Å². The Morgan fingerprint density at radius 1 is 1.33 bits per heavy atom. The molecule has 1 aromatic carbocycles. The first-order chi connectivity index (χ1) is 12.8. The fourth-order valence-corrected chi connectivity index (χ4v) is 3.53. The van der Waals surface area contributed by atoms with Crippen LogP contribution in [0.4, 0.5) is 9.39 Å². The van der Waals surface area contributed by atoms with Gasteiger partial charge >= 0.3 is 5.97 Å². The van der Waals surface area contributed by atoms with E-state index in [2.05, 4.69) is 5.32 Å². The van der Waals surface area contributed by atoms with Gasteiger partial charge in [0.1, 0.15) is 16.6 Å². The third-order valence-electron chi connectivity index (χ3n) is 3.49. The van der Waals surface area contributed by atoms with Gasteiger partial charge in [-0.2, -0.15) is 0 Å². The van der Waals surface area contributed by atoms with E-state index in [1.807, 2.05) is 19.2 Å². The Morgan fingerprint density at radius 2 is 2.07 bits per heavy atom. The predicted octanol–water partition coefficient (Wildman–Crippen LogP) is 4.93. The van der Waals surface area contributed by atoms with Crippen molar-refractivity contribution in [2.45, 2.75) is 27.2 Å². The molecule has 1 amide bonds. The molecule has 0 aliphatic rings. The van der Waals surface area contributed by atoms with Gasteiger partial charge in [-0.3, -0.25) is 4.79 Å². The minimum atomic E-state index is -0.566. The molecule has 0 saturated heterocycles. The van der Waals surface area contributed by atoms with Crippen molar-refractivity contribution in [3.63, 3.8) is 0 Å². The van der Waals surface area contributed by atoms with Crippen molar-refractivity contribution in [2.24, 2.45) is 5.92 Å². The number of anilines is 1. The van der Waals surface area contributed by atoms with Crippen LogP contribution in [0.1, 0.15) is 36.7 Å². The molecule has 0 unspecified atom stereocenters. The number of thiophene rings is 1. The summed E-state index contributed by atoms with van der Waals surface area (Å²) in [4.78, 5) is 24.5. The maximum absolute atomic E-state index is 13.2. The number of benzene rings is 1. The summed E-state index contributed by atoms with van der Waals surface area (Å²) in [6.45, 7) is 5.77. The second-order valence-electron chi connectivity index (χ2n) is 6.20. The van der Waals surface area contributed by atoms with Gasteiger partial charge in [-0.15, -0.1) is 11.3 Å². The van der Waals surface area contributed by atoms with E-state index in [4.69, 9.17) is 21.1 Å². The minimum Gasteiger partial charge on any atom is -0.484 e. The van der Waals surface area contributed by atoms with Crippen LogP contribution in [-0.4, -0.2) is 25.1 Å². The molecule has 2 rings (SSSR count). The molecule has 1 heterocycles. The van der Waals surface area contributed by atoms with Crippen LogP contribution in [0.5, 0.6) is 5.75 Å². The Hall–Kier alpha value is -2.12. The van der Waals surface area contributed by atoms with E-state index < -0.39 is 17.7 Å². The third-order valence-corrected chi connectivity index (χ3v) is 4.72. The van der Waals surface area contributed by atoms with E-state index in [9.17, 15) is 14.0 Å². The molecule has 0 radical (unpaired) electrons. The standard InChI is InChI=1S/C19H21ClFNO4S/c1-4-25-19(24)17-12(7-11(2)3)10-27-18(17)22-16(23)9-26-13-5-6-15(21)14(20)8-13/h5-6,8,10-11H,4,7,9H2,1-3H3,(H,22,23). The van der Waals surface area contributed by atoms with Gasteiger partial charge < -0.3 is 14.8 Å². The van der Waals surface area contributed by atoms with Crippen molar-refractivity contribution in [3.05, 3.63) is 45.5 Å². The third kappa shape index (κ3) is 5.94. The molecular formula is C19H21ClFNO4S. The quantitative estimate of drug-likeness (QED) is 0.623. The second kappa shape index (κ2) is 9.71. The molecule has 1 aromatic heterocycles. The number of nitrogens with one attached hydrogen (secondary N) is 1. The van der Waals surface area contributed by atoms with Crippen LogP contribution in [0.2, 0.25) is 5.02 Å². The average Bonchev–Trinajstić information content (AvgIpc) is 2.97. The molecule has 27 heavy (non-hydrogen) atoms. The van der Waals surface area contributed by atoms with Gasteiger partial charge in [-0.1, -0.05) is 25.4 Å². The molecule has 0 fully saturated rings. The highest BCUT2D eigenvalue weighted by molar-refractivity contribution is 7.15. The lowest BCUT2D eigenvalue weighted by Crippen LogP contribution is -2.21. The molecule has 5 nitrogen and oxygen atoms in total. The van der Waals surface area contributed by atoms with Crippen LogP contribution in [0.25, 0.3) is 0 Å². The number of hydrogen-bond acceptors (Lipinski definition) is 5. The first kappa shape index (κ1) is 21.2. The van der Waals surface area contributed by atoms with Crippen molar-refractivity contribution in [1.82, 2.24) is 0 Å². The maximum atomic E-state index is 13.2. The number of rotatable bonds is 8. The zero-order chi connectivity index (χ0) is 20.0. The molecule has 8 heteroatoms. The first-order valence-corrected chi connectivity index (χ1v) is 9.72. The number of hydrogen-bond donors (Lipinski definition) is 1. The molecule has 0 spiro atoms. The van der Waals surface area contributed by atoms with Crippen molar-refractivity contribution >= 4 is 39.8 Å². The smallest absolute Gasteiger partial charge is 0.341 e. The van der Waals surface area contributed by atoms with E-state index in [0.29, 0.717) is 22.9 Å². The van der Waals surface area contributed by atoms with Crippen LogP contribution in [0.3, 0.4) is 0 Å². The van der Waals surface area contributed by atoms with Gasteiger partial charge in [0, 0.05) is 6.07 Å². The number of carbonyl (C=O) groups excluding carboxylic acids is 2. The Morgan fingerprint density at radius 3 is 2.70 bits per heavy atom. The minimum absolute atomic E-state index is 0.0888. The summed E-state index contributed by atoms with van der Waals surface area (Å²) in [5.74, 6) is -0.851. The summed E-state index contributed by atoms with van der Waals surface area (Å²) in [7, 11) is 0. The lowest BCUT2D eigenvalue weighted by molar-refractivity contribution is -0.118. The van der Waals surface area contributed by atoms with Crippen LogP contribution in [0, 0.1) is 11.7 Å². The highest BCUT2D eigenvalue weighted by Gasteiger charge is 2.22. The molecule has 0 aliphatic heterocycles. The molecular weight excluding hydrogens is 393 g/mol. The summed E-state index contributed by atoms with van der Waals surface area (Å²) in [6.07, 6.45) is 0.700. The lowest BCUT2D eigenvalue weighted by Gasteiger charge is -2.10. The Balaban J connectivity index is 2.08. The molecule has 0 bridgehead atoms. The fourth-order valence-electron chi connectivity index (χ4n) is 2.38. The van der Waals surface area contributed by atoms with Gasteiger partial charge in [0.25, 0.3) is 5.91 Å². The van der Waals surface area contributed by atoms with E-state index in [0.717, 1.165) is 11.6 Å². The summed E-state index contributed by atoms with van der Waals surface area (Å²) in [6, 6.07) is 3.83. The number of amides is 1. The summed E-state index contributed by atoms with van der Waals surface area (Å²) < 4.78 is 23.6. The van der Waals surface area contributed by atoms with Crippen molar-refractivity contribution in [1.29, 1.82) is 0 Å². The first-order valence-electron chi connectivity index (χ1n) is 8.47. The predicted molar refractivity (Wildman–Crippen MR) is 104 cm³/mol. The van der Waals surface area contributed by atoms with Gasteiger partial charge in [0.2, 0.25) is 0 Å². The topological polar surface area (TPSA) is 64.6 Å². The van der Waals surface area contributed by atoms with E-state index in [-0.39, 0.29) is 24.0 Å². The number of ether oxygens (including phenoxy) is 2. The summed E-state index contributed by atoms with van der Waals surface area (Å²) in [5.41, 5.74) is 1.23. The Kier molecular flexibility index (Phi) is 7.62. The van der Waals surface area contributed by atoms with Crippen LogP contribution in [0.15, 0.2) is 23.6 Å². The van der Waals surface area contributed by atoms with Gasteiger partial charge in [-0.25, -0.2) is 9.18 Å². The monoisotopic (exact) mass is 413 g/mol.